The second-order valence-corrected chi connectivity index (χ2v) is 5.90. The Bertz CT molecular complexity index is 957. The van der Waals surface area contributed by atoms with Crippen LogP contribution in [-0.4, -0.2) is 26.8 Å². The Morgan fingerprint density at radius 1 is 1.08 bits per heavy atom. The highest BCUT2D eigenvalue weighted by atomic mass is 16.2. The van der Waals surface area contributed by atoms with Crippen LogP contribution in [-0.2, 0) is 4.79 Å². The van der Waals surface area contributed by atoms with Crippen molar-refractivity contribution in [2.75, 3.05) is 5.32 Å². The molecule has 4 rings (SSSR count). The molecule has 3 aromatic rings. The molecule has 0 fully saturated rings. The molecule has 0 bridgehead atoms. The summed E-state index contributed by atoms with van der Waals surface area (Å²) in [7, 11) is 0. The molecule has 7 heteroatoms. The quantitative estimate of drug-likeness (QED) is 0.759. The van der Waals surface area contributed by atoms with Crippen molar-refractivity contribution in [2.45, 2.75) is 12.5 Å². The van der Waals surface area contributed by atoms with Gasteiger partial charge in [0.1, 0.15) is 0 Å². The minimum absolute atomic E-state index is 0.127. The number of nitrogens with one attached hydrogen (secondary N) is 2. The van der Waals surface area contributed by atoms with Crippen molar-refractivity contribution in [1.82, 2.24) is 20.3 Å². The second-order valence-electron chi connectivity index (χ2n) is 5.90. The largest absolute Gasteiger partial charge is 0.345 e. The molecule has 1 unspecified atom stereocenters. The number of hydrogen-bond donors (Lipinski definition) is 2. The summed E-state index contributed by atoms with van der Waals surface area (Å²) in [6, 6.07) is 10.6. The normalized spacial score (nSPS) is 15.7. The summed E-state index contributed by atoms with van der Waals surface area (Å²) in [5, 5.41) is 5.70. The second kappa shape index (κ2) is 6.72. The average molecular weight is 345 g/mol. The van der Waals surface area contributed by atoms with Gasteiger partial charge in [-0.05, 0) is 23.8 Å². The van der Waals surface area contributed by atoms with Crippen molar-refractivity contribution < 1.29 is 9.59 Å². The molecule has 128 valence electrons. The number of carbonyl (C=O) groups is 2. The van der Waals surface area contributed by atoms with E-state index in [1.54, 1.807) is 24.5 Å². The lowest BCUT2D eigenvalue weighted by Crippen LogP contribution is -2.35. The van der Waals surface area contributed by atoms with E-state index >= 15 is 0 Å². The number of nitrogens with zero attached hydrogens (tertiary/aromatic N) is 3. The maximum atomic E-state index is 12.5. The monoisotopic (exact) mass is 345 g/mol. The third kappa shape index (κ3) is 3.14. The van der Waals surface area contributed by atoms with E-state index in [2.05, 4.69) is 25.6 Å². The molecule has 0 radical (unpaired) electrons. The summed E-state index contributed by atoms with van der Waals surface area (Å²) in [6.07, 6.45) is 6.47. The molecule has 2 amide bonds. The number of hydrogen-bond acceptors (Lipinski definition) is 5. The molecule has 0 aliphatic carbocycles. The Balaban J connectivity index is 1.53. The lowest BCUT2D eigenvalue weighted by molar-refractivity contribution is -0.116. The highest BCUT2D eigenvalue weighted by molar-refractivity contribution is 5.97. The zero-order chi connectivity index (χ0) is 17.9. The van der Waals surface area contributed by atoms with Gasteiger partial charge in [-0.2, -0.15) is 0 Å². The summed E-state index contributed by atoms with van der Waals surface area (Å²) in [5.74, 6) is 0.0745. The first-order valence-corrected chi connectivity index (χ1v) is 8.13. The zero-order valence-electron chi connectivity index (χ0n) is 13.7. The van der Waals surface area contributed by atoms with Gasteiger partial charge in [0.25, 0.3) is 5.91 Å². The van der Waals surface area contributed by atoms with Gasteiger partial charge in [0.2, 0.25) is 5.91 Å². The summed E-state index contributed by atoms with van der Waals surface area (Å²) >= 11 is 0. The van der Waals surface area contributed by atoms with Crippen LogP contribution < -0.4 is 10.6 Å². The predicted octanol–water partition coefficient (Wildman–Crippen LogP) is 2.35. The molecule has 2 aromatic heterocycles. The summed E-state index contributed by atoms with van der Waals surface area (Å²) in [4.78, 5) is 36.8. The molecular formula is C19H15N5O2. The van der Waals surface area contributed by atoms with E-state index in [9.17, 15) is 9.59 Å². The molecule has 0 saturated heterocycles. The number of para-hydroxylation sites is 1. The number of rotatable bonds is 3. The smallest absolute Gasteiger partial charge is 0.254 e. The topological polar surface area (TPSA) is 96.9 Å². The highest BCUT2D eigenvalue weighted by Crippen LogP contribution is 2.30. The zero-order valence-corrected chi connectivity index (χ0v) is 13.7. The summed E-state index contributed by atoms with van der Waals surface area (Å²) in [6.45, 7) is 0. The van der Waals surface area contributed by atoms with Gasteiger partial charge in [-0.15, -0.1) is 0 Å². The highest BCUT2D eigenvalue weighted by Gasteiger charge is 2.26. The molecule has 2 N–H and O–H groups in total. The van der Waals surface area contributed by atoms with E-state index < -0.39 is 0 Å². The van der Waals surface area contributed by atoms with Gasteiger partial charge in [-0.25, -0.2) is 9.97 Å². The number of anilines is 1. The Labute approximate surface area is 149 Å². The first-order valence-electron chi connectivity index (χ1n) is 8.13. The molecule has 1 atom stereocenters. The maximum Gasteiger partial charge on any atom is 0.254 e. The van der Waals surface area contributed by atoms with E-state index in [1.807, 2.05) is 24.3 Å². The fourth-order valence-electron chi connectivity index (χ4n) is 2.88. The average Bonchev–Trinajstić information content (AvgIpc) is 2.68. The van der Waals surface area contributed by atoms with E-state index in [4.69, 9.17) is 0 Å². The first kappa shape index (κ1) is 15.9. The number of carbonyl (C=O) groups excluding carboxylic acids is 2. The molecule has 0 saturated carbocycles. The van der Waals surface area contributed by atoms with Gasteiger partial charge in [0, 0.05) is 36.0 Å². The molecule has 26 heavy (non-hydrogen) atoms. The Morgan fingerprint density at radius 2 is 1.81 bits per heavy atom. The van der Waals surface area contributed by atoms with Gasteiger partial charge >= 0.3 is 0 Å². The van der Waals surface area contributed by atoms with E-state index in [0.717, 1.165) is 16.8 Å². The Kier molecular flexibility index (Phi) is 4.10. The molecular weight excluding hydrogens is 330 g/mol. The van der Waals surface area contributed by atoms with E-state index in [0.29, 0.717) is 11.4 Å². The molecule has 1 aromatic carbocycles. The van der Waals surface area contributed by atoms with Crippen molar-refractivity contribution in [2.24, 2.45) is 0 Å². The SMILES string of the molecule is O=C1CC(NC(=O)c2cnc(-c3ccncc3)nc2)c2ccccc2N1. The van der Waals surface area contributed by atoms with Crippen LogP contribution in [0.1, 0.15) is 28.4 Å². The first-order chi connectivity index (χ1) is 12.7. The van der Waals surface area contributed by atoms with E-state index in [-0.39, 0.29) is 24.3 Å². The Hall–Kier alpha value is -3.61. The van der Waals surface area contributed by atoms with Gasteiger partial charge in [-0.1, -0.05) is 18.2 Å². The van der Waals surface area contributed by atoms with Gasteiger partial charge < -0.3 is 10.6 Å². The maximum absolute atomic E-state index is 12.5. The van der Waals surface area contributed by atoms with Gasteiger partial charge in [0.15, 0.2) is 5.82 Å². The summed E-state index contributed by atoms with van der Waals surface area (Å²) in [5.41, 5.74) is 2.77. The molecule has 1 aliphatic rings. The van der Waals surface area contributed by atoms with Crippen LogP contribution >= 0.6 is 0 Å². The van der Waals surface area contributed by atoms with E-state index in [1.165, 1.54) is 12.4 Å². The fourth-order valence-corrected chi connectivity index (χ4v) is 2.88. The van der Waals surface area contributed by atoms with Crippen molar-refractivity contribution in [1.29, 1.82) is 0 Å². The van der Waals surface area contributed by atoms with Crippen LogP contribution in [0.5, 0.6) is 0 Å². The molecule has 0 spiro atoms. The van der Waals surface area contributed by atoms with Crippen molar-refractivity contribution in [3.05, 3.63) is 72.3 Å². The number of pyridine rings is 1. The van der Waals surface area contributed by atoms with Crippen LogP contribution in [0.25, 0.3) is 11.4 Å². The van der Waals surface area contributed by atoms with Crippen molar-refractivity contribution in [3.8, 4) is 11.4 Å². The van der Waals surface area contributed by atoms with Crippen LogP contribution in [0.15, 0.2) is 61.2 Å². The number of fused-ring (bicyclic) bond motifs is 1. The minimum atomic E-state index is -0.382. The van der Waals surface area contributed by atoms with Crippen LogP contribution in [0.2, 0.25) is 0 Å². The van der Waals surface area contributed by atoms with Crippen LogP contribution in [0.3, 0.4) is 0 Å². The van der Waals surface area contributed by atoms with Gasteiger partial charge in [-0.3, -0.25) is 14.6 Å². The standard InChI is InChI=1S/C19H15N5O2/c25-17-9-16(14-3-1-2-4-15(14)23-17)24-19(26)13-10-21-18(22-11-13)12-5-7-20-8-6-12/h1-8,10-11,16H,9H2,(H,23,25)(H,24,26). The predicted molar refractivity (Wildman–Crippen MR) is 95.2 cm³/mol. The number of aromatic nitrogens is 3. The van der Waals surface area contributed by atoms with Gasteiger partial charge in [0.05, 0.1) is 18.0 Å². The Morgan fingerprint density at radius 3 is 2.58 bits per heavy atom. The molecule has 1 aliphatic heterocycles. The van der Waals surface area contributed by atoms with Crippen LogP contribution in [0, 0.1) is 0 Å². The minimum Gasteiger partial charge on any atom is -0.345 e. The lowest BCUT2D eigenvalue weighted by atomic mass is 9.97. The van der Waals surface area contributed by atoms with Crippen molar-refractivity contribution in [3.63, 3.8) is 0 Å². The number of benzene rings is 1. The van der Waals surface area contributed by atoms with Crippen LogP contribution in [0.4, 0.5) is 5.69 Å². The lowest BCUT2D eigenvalue weighted by Gasteiger charge is -2.26. The summed E-state index contributed by atoms with van der Waals surface area (Å²) < 4.78 is 0. The van der Waals surface area contributed by atoms with Crippen molar-refractivity contribution >= 4 is 17.5 Å². The fraction of sp³-hybridized carbons (Fsp3) is 0.105. The molecule has 3 heterocycles. The third-order valence-electron chi connectivity index (χ3n) is 4.16. The number of amides is 2. The molecule has 7 nitrogen and oxygen atoms in total. The third-order valence-corrected chi connectivity index (χ3v) is 4.16.